The minimum atomic E-state index is -0.190. The number of nitrogens with one attached hydrogen (secondary N) is 1. The lowest BCUT2D eigenvalue weighted by Crippen LogP contribution is -2.17. The molecular weight excluding hydrogens is 266 g/mol. The minimum Gasteiger partial charge on any atom is -0.496 e. The number of aryl methyl sites for hydroxylation is 1. The van der Waals surface area contributed by atoms with Crippen LogP contribution in [-0.4, -0.2) is 32.1 Å². The number of ether oxygens (including phenoxy) is 1. The van der Waals surface area contributed by atoms with Crippen LogP contribution in [0.15, 0.2) is 36.5 Å². The van der Waals surface area contributed by atoms with E-state index in [0.717, 1.165) is 5.56 Å². The summed E-state index contributed by atoms with van der Waals surface area (Å²) in [4.78, 5) is 18.5. The van der Waals surface area contributed by atoms with E-state index in [1.807, 2.05) is 38.1 Å². The van der Waals surface area contributed by atoms with Crippen LogP contribution in [0.1, 0.15) is 15.9 Å². The number of anilines is 2. The number of hydrogen-bond donors (Lipinski definition) is 1. The van der Waals surface area contributed by atoms with E-state index in [2.05, 4.69) is 10.3 Å². The Morgan fingerprint density at radius 3 is 2.71 bits per heavy atom. The van der Waals surface area contributed by atoms with Crippen molar-refractivity contribution in [1.82, 2.24) is 4.98 Å². The molecule has 0 bridgehead atoms. The summed E-state index contributed by atoms with van der Waals surface area (Å²) in [6.45, 7) is 1.94. The van der Waals surface area contributed by atoms with Crippen molar-refractivity contribution in [2.45, 2.75) is 6.92 Å². The molecular formula is C16H19N3O2. The molecule has 0 atom stereocenters. The molecule has 1 heterocycles. The van der Waals surface area contributed by atoms with Gasteiger partial charge in [0.2, 0.25) is 0 Å². The van der Waals surface area contributed by atoms with Gasteiger partial charge in [-0.25, -0.2) is 4.98 Å². The number of amides is 1. The molecule has 2 rings (SSSR count). The van der Waals surface area contributed by atoms with Crippen molar-refractivity contribution in [3.05, 3.63) is 47.7 Å². The lowest BCUT2D eigenvalue weighted by molar-refractivity contribution is 0.102. The lowest BCUT2D eigenvalue weighted by Gasteiger charge is -2.16. The van der Waals surface area contributed by atoms with Crippen LogP contribution >= 0.6 is 0 Å². The smallest absolute Gasteiger partial charge is 0.255 e. The molecule has 0 aliphatic heterocycles. The standard InChI is InChI=1S/C16H19N3O2/c1-11-7-8-12(10-14(11)21-4)16(20)18-13-6-5-9-17-15(13)19(2)3/h5-10H,1-4H3,(H,18,20). The molecule has 0 saturated heterocycles. The Morgan fingerprint density at radius 1 is 1.29 bits per heavy atom. The molecule has 1 aromatic heterocycles. The molecule has 2 aromatic rings. The number of benzene rings is 1. The Bertz CT molecular complexity index is 654. The average Bonchev–Trinajstić information content (AvgIpc) is 2.48. The third-order valence-electron chi connectivity index (χ3n) is 3.13. The van der Waals surface area contributed by atoms with E-state index in [1.165, 1.54) is 0 Å². The molecule has 1 aromatic carbocycles. The van der Waals surface area contributed by atoms with Crippen LogP contribution in [0, 0.1) is 6.92 Å². The largest absolute Gasteiger partial charge is 0.496 e. The van der Waals surface area contributed by atoms with E-state index in [4.69, 9.17) is 4.74 Å². The molecule has 0 radical (unpaired) electrons. The summed E-state index contributed by atoms with van der Waals surface area (Å²) in [5.74, 6) is 1.22. The Morgan fingerprint density at radius 2 is 2.05 bits per heavy atom. The highest BCUT2D eigenvalue weighted by Gasteiger charge is 2.12. The van der Waals surface area contributed by atoms with Gasteiger partial charge >= 0.3 is 0 Å². The minimum absolute atomic E-state index is 0.190. The highest BCUT2D eigenvalue weighted by atomic mass is 16.5. The first-order valence-corrected chi connectivity index (χ1v) is 6.61. The first-order valence-electron chi connectivity index (χ1n) is 6.61. The normalized spacial score (nSPS) is 10.1. The van der Waals surface area contributed by atoms with Crippen molar-refractivity contribution in [1.29, 1.82) is 0 Å². The number of hydrogen-bond acceptors (Lipinski definition) is 4. The predicted octanol–water partition coefficient (Wildman–Crippen LogP) is 2.72. The lowest BCUT2D eigenvalue weighted by atomic mass is 10.1. The maximum Gasteiger partial charge on any atom is 0.255 e. The molecule has 0 fully saturated rings. The zero-order valence-electron chi connectivity index (χ0n) is 12.7. The number of nitrogens with zero attached hydrogens (tertiary/aromatic N) is 2. The van der Waals surface area contributed by atoms with Gasteiger partial charge in [-0.1, -0.05) is 6.07 Å². The topological polar surface area (TPSA) is 54.5 Å². The van der Waals surface area contributed by atoms with Gasteiger partial charge in [-0.15, -0.1) is 0 Å². The third kappa shape index (κ3) is 3.31. The van der Waals surface area contributed by atoms with E-state index in [-0.39, 0.29) is 5.91 Å². The summed E-state index contributed by atoms with van der Waals surface area (Å²) in [6, 6.07) is 8.99. The van der Waals surface area contributed by atoms with Crippen molar-refractivity contribution in [2.24, 2.45) is 0 Å². The molecule has 5 nitrogen and oxygen atoms in total. The summed E-state index contributed by atoms with van der Waals surface area (Å²) in [7, 11) is 5.36. The molecule has 0 unspecified atom stereocenters. The average molecular weight is 285 g/mol. The zero-order valence-corrected chi connectivity index (χ0v) is 12.7. The van der Waals surface area contributed by atoms with Gasteiger partial charge in [0.25, 0.3) is 5.91 Å². The maximum absolute atomic E-state index is 12.4. The number of methoxy groups -OCH3 is 1. The molecule has 110 valence electrons. The van der Waals surface area contributed by atoms with Gasteiger partial charge in [-0.2, -0.15) is 0 Å². The van der Waals surface area contributed by atoms with Gasteiger partial charge in [-0.3, -0.25) is 4.79 Å². The van der Waals surface area contributed by atoms with Gasteiger partial charge in [-0.05, 0) is 36.8 Å². The second-order valence-corrected chi connectivity index (χ2v) is 4.91. The van der Waals surface area contributed by atoms with Crippen LogP contribution < -0.4 is 15.0 Å². The van der Waals surface area contributed by atoms with Crippen molar-refractivity contribution in [2.75, 3.05) is 31.4 Å². The molecule has 1 amide bonds. The Labute approximate surface area is 124 Å². The van der Waals surface area contributed by atoms with Crippen LogP contribution in [0.2, 0.25) is 0 Å². The quantitative estimate of drug-likeness (QED) is 0.938. The summed E-state index contributed by atoms with van der Waals surface area (Å²) >= 11 is 0. The second kappa shape index (κ2) is 6.26. The van der Waals surface area contributed by atoms with E-state index in [0.29, 0.717) is 22.8 Å². The highest BCUT2D eigenvalue weighted by molar-refractivity contribution is 6.05. The number of pyridine rings is 1. The zero-order chi connectivity index (χ0) is 15.4. The van der Waals surface area contributed by atoms with Crippen molar-refractivity contribution >= 4 is 17.4 Å². The molecule has 1 N–H and O–H groups in total. The second-order valence-electron chi connectivity index (χ2n) is 4.91. The Balaban J connectivity index is 2.26. The highest BCUT2D eigenvalue weighted by Crippen LogP contribution is 2.23. The fourth-order valence-corrected chi connectivity index (χ4v) is 2.01. The molecule has 0 spiro atoms. The maximum atomic E-state index is 12.4. The van der Waals surface area contributed by atoms with Crippen molar-refractivity contribution in [3.8, 4) is 5.75 Å². The number of aromatic nitrogens is 1. The molecule has 0 aliphatic rings. The molecule has 5 heteroatoms. The van der Waals surface area contributed by atoms with Gasteiger partial charge < -0.3 is 15.0 Å². The van der Waals surface area contributed by atoms with Crippen LogP contribution in [0.5, 0.6) is 5.75 Å². The van der Waals surface area contributed by atoms with Gasteiger partial charge in [0.15, 0.2) is 5.82 Å². The fourth-order valence-electron chi connectivity index (χ4n) is 2.01. The summed E-state index contributed by atoms with van der Waals surface area (Å²) in [5.41, 5.74) is 2.21. The van der Waals surface area contributed by atoms with Crippen molar-refractivity contribution < 1.29 is 9.53 Å². The first kappa shape index (κ1) is 14.8. The molecule has 0 aliphatic carbocycles. The first-order chi connectivity index (χ1) is 10.0. The van der Waals surface area contributed by atoms with Crippen molar-refractivity contribution in [3.63, 3.8) is 0 Å². The predicted molar refractivity (Wildman–Crippen MR) is 84.2 cm³/mol. The van der Waals surface area contributed by atoms with Crippen LogP contribution in [0.25, 0.3) is 0 Å². The molecule has 0 saturated carbocycles. The van der Waals surface area contributed by atoms with Gasteiger partial charge in [0.05, 0.1) is 12.8 Å². The number of carbonyl (C=O) groups excluding carboxylic acids is 1. The van der Waals surface area contributed by atoms with Gasteiger partial charge in [0.1, 0.15) is 5.75 Å². The summed E-state index contributed by atoms with van der Waals surface area (Å²) in [5, 5.41) is 2.88. The summed E-state index contributed by atoms with van der Waals surface area (Å²) < 4.78 is 5.25. The Hall–Kier alpha value is -2.56. The van der Waals surface area contributed by atoms with E-state index >= 15 is 0 Å². The van der Waals surface area contributed by atoms with E-state index in [1.54, 1.807) is 31.5 Å². The van der Waals surface area contributed by atoms with Gasteiger partial charge in [0, 0.05) is 25.9 Å². The van der Waals surface area contributed by atoms with Crippen LogP contribution in [0.3, 0.4) is 0 Å². The number of carbonyl (C=O) groups is 1. The van der Waals surface area contributed by atoms with Crippen LogP contribution in [0.4, 0.5) is 11.5 Å². The van der Waals surface area contributed by atoms with E-state index < -0.39 is 0 Å². The fraction of sp³-hybridized carbons (Fsp3) is 0.250. The Kier molecular flexibility index (Phi) is 4.42. The third-order valence-corrected chi connectivity index (χ3v) is 3.13. The number of rotatable bonds is 4. The summed E-state index contributed by atoms with van der Waals surface area (Å²) in [6.07, 6.45) is 1.69. The monoisotopic (exact) mass is 285 g/mol. The van der Waals surface area contributed by atoms with E-state index in [9.17, 15) is 4.79 Å². The van der Waals surface area contributed by atoms with Crippen LogP contribution in [-0.2, 0) is 0 Å². The molecule has 21 heavy (non-hydrogen) atoms. The SMILES string of the molecule is COc1cc(C(=O)Nc2cccnc2N(C)C)ccc1C.